The van der Waals surface area contributed by atoms with Crippen LogP contribution in [0.15, 0.2) is 94.7 Å². The SMILES string of the molecule is O=S(=O)(NCc1ccc2c(c1)OCO2)c1ccc(-c2ccc(S(=O)(=O)NCc3ccc4c(c3)OCO4)cc2)cc1. The van der Waals surface area contributed by atoms with Crippen LogP contribution in [0.3, 0.4) is 0 Å². The van der Waals surface area contributed by atoms with Gasteiger partial charge < -0.3 is 18.9 Å². The van der Waals surface area contributed by atoms with E-state index < -0.39 is 20.0 Å². The molecule has 0 aliphatic carbocycles. The Morgan fingerprint density at radius 1 is 0.500 bits per heavy atom. The van der Waals surface area contributed by atoms with Crippen LogP contribution >= 0.6 is 0 Å². The second-order valence-electron chi connectivity index (χ2n) is 9.07. The average Bonchev–Trinajstić information content (AvgIpc) is 3.64. The van der Waals surface area contributed by atoms with Gasteiger partial charge in [-0.25, -0.2) is 26.3 Å². The van der Waals surface area contributed by atoms with Gasteiger partial charge in [-0.15, -0.1) is 0 Å². The van der Waals surface area contributed by atoms with Crippen molar-refractivity contribution in [1.82, 2.24) is 9.44 Å². The molecule has 2 N–H and O–H groups in total. The second kappa shape index (κ2) is 10.5. The van der Waals surface area contributed by atoms with Gasteiger partial charge in [0, 0.05) is 13.1 Å². The summed E-state index contributed by atoms with van der Waals surface area (Å²) in [5.74, 6) is 2.43. The molecule has 4 aromatic rings. The lowest BCUT2D eigenvalue weighted by Gasteiger charge is -2.10. The third-order valence-electron chi connectivity index (χ3n) is 6.47. The summed E-state index contributed by atoms with van der Waals surface area (Å²) in [4.78, 5) is 0.229. The summed E-state index contributed by atoms with van der Waals surface area (Å²) in [7, 11) is -7.51. The average molecular weight is 581 g/mol. The molecule has 2 aliphatic rings. The molecule has 0 saturated heterocycles. The maximum atomic E-state index is 12.8. The largest absolute Gasteiger partial charge is 0.454 e. The minimum Gasteiger partial charge on any atom is -0.454 e. The molecule has 12 heteroatoms. The predicted octanol–water partition coefficient (Wildman–Crippen LogP) is 3.77. The molecule has 0 unspecified atom stereocenters. The molecule has 10 nitrogen and oxygen atoms in total. The van der Waals surface area contributed by atoms with Gasteiger partial charge in [-0.3, -0.25) is 0 Å². The van der Waals surface area contributed by atoms with Crippen molar-refractivity contribution in [2.24, 2.45) is 0 Å². The first kappa shape index (κ1) is 26.1. The van der Waals surface area contributed by atoms with E-state index in [1.165, 1.54) is 24.3 Å². The number of sulfonamides is 2. The van der Waals surface area contributed by atoms with Crippen molar-refractivity contribution in [3.05, 3.63) is 96.1 Å². The van der Waals surface area contributed by atoms with Crippen LogP contribution in [0.2, 0.25) is 0 Å². The van der Waals surface area contributed by atoms with E-state index in [0.717, 1.165) is 22.3 Å². The summed E-state index contributed by atoms with van der Waals surface area (Å²) < 4.78 is 77.6. The number of hydrogen-bond acceptors (Lipinski definition) is 8. The number of hydrogen-bond donors (Lipinski definition) is 2. The summed E-state index contributed by atoms with van der Waals surface area (Å²) in [6, 6.07) is 23.3. The van der Waals surface area contributed by atoms with E-state index >= 15 is 0 Å². The quantitative estimate of drug-likeness (QED) is 0.306. The van der Waals surface area contributed by atoms with Gasteiger partial charge in [0.15, 0.2) is 23.0 Å². The monoisotopic (exact) mass is 580 g/mol. The first-order valence-corrected chi connectivity index (χ1v) is 15.2. The van der Waals surface area contributed by atoms with Crippen molar-refractivity contribution in [2.75, 3.05) is 13.6 Å². The Balaban J connectivity index is 1.09. The van der Waals surface area contributed by atoms with Gasteiger partial charge in [0.1, 0.15) is 0 Å². The molecule has 206 valence electrons. The van der Waals surface area contributed by atoms with Crippen LogP contribution in [0.5, 0.6) is 23.0 Å². The highest BCUT2D eigenvalue weighted by Gasteiger charge is 2.19. The summed E-state index contributed by atoms with van der Waals surface area (Å²) in [5.41, 5.74) is 2.97. The van der Waals surface area contributed by atoms with E-state index in [4.69, 9.17) is 18.9 Å². The van der Waals surface area contributed by atoms with E-state index in [1.807, 2.05) is 0 Å². The molecule has 6 rings (SSSR count). The van der Waals surface area contributed by atoms with Crippen molar-refractivity contribution in [3.8, 4) is 34.1 Å². The molecule has 0 aromatic heterocycles. The molecule has 0 spiro atoms. The summed E-state index contributed by atoms with van der Waals surface area (Å²) in [6.45, 7) is 0.488. The van der Waals surface area contributed by atoms with Crippen molar-refractivity contribution in [2.45, 2.75) is 22.9 Å². The van der Waals surface area contributed by atoms with Gasteiger partial charge in [0.05, 0.1) is 9.79 Å². The normalized spacial score (nSPS) is 13.9. The molecule has 40 heavy (non-hydrogen) atoms. The number of rotatable bonds is 9. The van der Waals surface area contributed by atoms with Gasteiger partial charge in [-0.2, -0.15) is 0 Å². The Labute approximate surface area is 231 Å². The third-order valence-corrected chi connectivity index (χ3v) is 9.30. The molecule has 2 heterocycles. The Hall–Kier alpha value is -4.10. The lowest BCUT2D eigenvalue weighted by atomic mass is 10.1. The van der Waals surface area contributed by atoms with Crippen molar-refractivity contribution in [3.63, 3.8) is 0 Å². The minimum absolute atomic E-state index is 0.0966. The smallest absolute Gasteiger partial charge is 0.240 e. The fourth-order valence-corrected chi connectivity index (χ4v) is 6.31. The molecule has 0 amide bonds. The highest BCUT2D eigenvalue weighted by atomic mass is 32.2. The Morgan fingerprint density at radius 3 is 1.27 bits per heavy atom. The van der Waals surface area contributed by atoms with Gasteiger partial charge in [-0.05, 0) is 70.8 Å². The van der Waals surface area contributed by atoms with Gasteiger partial charge in [0.2, 0.25) is 33.6 Å². The highest BCUT2D eigenvalue weighted by Crippen LogP contribution is 2.33. The Morgan fingerprint density at radius 2 is 0.875 bits per heavy atom. The van der Waals surface area contributed by atoms with Crippen LogP contribution in [0.4, 0.5) is 0 Å². The molecule has 0 fully saturated rings. The van der Waals surface area contributed by atoms with Crippen molar-refractivity contribution >= 4 is 20.0 Å². The summed E-state index contributed by atoms with van der Waals surface area (Å²) in [6.07, 6.45) is 0. The number of ether oxygens (including phenoxy) is 4. The van der Waals surface area contributed by atoms with Crippen LogP contribution in [-0.4, -0.2) is 30.4 Å². The van der Waals surface area contributed by atoms with Crippen LogP contribution in [-0.2, 0) is 33.1 Å². The lowest BCUT2D eigenvalue weighted by Crippen LogP contribution is -2.23. The Bertz CT molecular complexity index is 1640. The predicted molar refractivity (Wildman–Crippen MR) is 145 cm³/mol. The van der Waals surface area contributed by atoms with Crippen LogP contribution in [0.25, 0.3) is 11.1 Å². The zero-order chi connectivity index (χ0) is 27.7. The second-order valence-corrected chi connectivity index (χ2v) is 12.6. The van der Waals surface area contributed by atoms with Gasteiger partial charge >= 0.3 is 0 Å². The van der Waals surface area contributed by atoms with Gasteiger partial charge in [-0.1, -0.05) is 36.4 Å². The maximum absolute atomic E-state index is 12.8. The maximum Gasteiger partial charge on any atom is 0.240 e. The first-order valence-electron chi connectivity index (χ1n) is 12.2. The molecule has 0 radical (unpaired) electrons. The molecule has 0 saturated carbocycles. The number of fused-ring (bicyclic) bond motifs is 2. The standard InChI is InChI=1S/C28H24N2O8S2/c31-39(32,29-15-19-1-11-25-27(13-19)37-17-35-25)23-7-3-21(4-8-23)22-5-9-24(10-6-22)40(33,34)30-16-20-2-12-26-28(14-20)38-18-36-26/h1-14,29-30H,15-18H2. The summed E-state index contributed by atoms with van der Waals surface area (Å²) in [5, 5.41) is 0. The molecular formula is C28H24N2O8S2. The highest BCUT2D eigenvalue weighted by molar-refractivity contribution is 7.89. The van der Waals surface area contributed by atoms with E-state index in [-0.39, 0.29) is 36.5 Å². The molecule has 0 bridgehead atoms. The van der Waals surface area contributed by atoms with Crippen LogP contribution in [0, 0.1) is 0 Å². The van der Waals surface area contributed by atoms with Crippen molar-refractivity contribution in [1.29, 1.82) is 0 Å². The molecule has 2 aliphatic heterocycles. The topological polar surface area (TPSA) is 129 Å². The third kappa shape index (κ3) is 5.47. The molecule has 0 atom stereocenters. The van der Waals surface area contributed by atoms with Crippen LogP contribution < -0.4 is 28.4 Å². The Kier molecular flexibility index (Phi) is 6.84. The van der Waals surface area contributed by atoms with E-state index in [1.54, 1.807) is 60.7 Å². The van der Waals surface area contributed by atoms with E-state index in [9.17, 15) is 16.8 Å². The number of nitrogens with one attached hydrogen (secondary N) is 2. The van der Waals surface area contributed by atoms with Gasteiger partial charge in [0.25, 0.3) is 0 Å². The minimum atomic E-state index is -3.75. The molecule has 4 aromatic carbocycles. The zero-order valence-corrected chi connectivity index (χ0v) is 22.6. The summed E-state index contributed by atoms with van der Waals surface area (Å²) >= 11 is 0. The van der Waals surface area contributed by atoms with E-state index in [0.29, 0.717) is 23.0 Å². The number of benzene rings is 4. The molecular weight excluding hydrogens is 556 g/mol. The van der Waals surface area contributed by atoms with Crippen LogP contribution in [0.1, 0.15) is 11.1 Å². The van der Waals surface area contributed by atoms with Crippen molar-refractivity contribution < 1.29 is 35.8 Å². The lowest BCUT2D eigenvalue weighted by molar-refractivity contribution is 0.173. The fourth-order valence-electron chi connectivity index (χ4n) is 4.28. The zero-order valence-electron chi connectivity index (χ0n) is 21.0. The first-order chi connectivity index (χ1) is 19.3. The van der Waals surface area contributed by atoms with E-state index in [2.05, 4.69) is 9.44 Å². The fraction of sp³-hybridized carbons (Fsp3) is 0.143.